The standard InChI is InChI=1S/C12H18FNO/c1-2-3-8-14-9-10-15-12-7-5-4-6-11(12)13/h4-7,14H,2-3,8-10H2,1H3. The van der Waals surface area contributed by atoms with Crippen molar-refractivity contribution >= 4 is 0 Å². The Hall–Kier alpha value is -1.09. The average Bonchev–Trinajstić information content (AvgIpc) is 2.25. The van der Waals surface area contributed by atoms with Gasteiger partial charge in [-0.2, -0.15) is 0 Å². The van der Waals surface area contributed by atoms with Crippen molar-refractivity contribution in [3.8, 4) is 5.75 Å². The summed E-state index contributed by atoms with van der Waals surface area (Å²) >= 11 is 0. The van der Waals surface area contributed by atoms with Gasteiger partial charge in [0.15, 0.2) is 11.6 Å². The van der Waals surface area contributed by atoms with E-state index in [0.717, 1.165) is 13.1 Å². The van der Waals surface area contributed by atoms with E-state index < -0.39 is 0 Å². The van der Waals surface area contributed by atoms with Crippen LogP contribution in [0.4, 0.5) is 4.39 Å². The van der Waals surface area contributed by atoms with Crippen LogP contribution in [0.1, 0.15) is 19.8 Å². The van der Waals surface area contributed by atoms with E-state index in [1.807, 2.05) is 0 Å². The first-order chi connectivity index (χ1) is 7.34. The molecule has 0 unspecified atom stereocenters. The van der Waals surface area contributed by atoms with Crippen LogP contribution in [-0.2, 0) is 0 Å². The fraction of sp³-hybridized carbons (Fsp3) is 0.500. The number of benzene rings is 1. The van der Waals surface area contributed by atoms with Crippen molar-refractivity contribution in [1.82, 2.24) is 5.32 Å². The second-order valence-corrected chi connectivity index (χ2v) is 3.38. The Bertz CT molecular complexity index is 278. The van der Waals surface area contributed by atoms with E-state index in [1.54, 1.807) is 18.2 Å². The van der Waals surface area contributed by atoms with Crippen LogP contribution in [0.5, 0.6) is 5.75 Å². The van der Waals surface area contributed by atoms with E-state index in [1.165, 1.54) is 18.9 Å². The van der Waals surface area contributed by atoms with E-state index in [4.69, 9.17) is 4.74 Å². The van der Waals surface area contributed by atoms with Gasteiger partial charge in [0.2, 0.25) is 0 Å². The summed E-state index contributed by atoms with van der Waals surface area (Å²) in [6.45, 7) is 4.41. The lowest BCUT2D eigenvalue weighted by molar-refractivity contribution is 0.298. The van der Waals surface area contributed by atoms with Crippen LogP contribution in [0.15, 0.2) is 24.3 Å². The summed E-state index contributed by atoms with van der Waals surface area (Å²) in [7, 11) is 0. The number of rotatable bonds is 7. The van der Waals surface area contributed by atoms with Crippen molar-refractivity contribution in [3.63, 3.8) is 0 Å². The second kappa shape index (κ2) is 7.23. The third-order valence-electron chi connectivity index (χ3n) is 2.08. The fourth-order valence-electron chi connectivity index (χ4n) is 1.22. The van der Waals surface area contributed by atoms with E-state index in [2.05, 4.69) is 12.2 Å². The van der Waals surface area contributed by atoms with Gasteiger partial charge in [-0.05, 0) is 25.1 Å². The highest BCUT2D eigenvalue weighted by Crippen LogP contribution is 2.14. The van der Waals surface area contributed by atoms with Gasteiger partial charge in [-0.25, -0.2) is 4.39 Å². The van der Waals surface area contributed by atoms with E-state index >= 15 is 0 Å². The van der Waals surface area contributed by atoms with Crippen LogP contribution in [-0.4, -0.2) is 19.7 Å². The summed E-state index contributed by atoms with van der Waals surface area (Å²) in [5.74, 6) is 0.0286. The third-order valence-corrected chi connectivity index (χ3v) is 2.08. The molecule has 0 radical (unpaired) electrons. The number of unbranched alkanes of at least 4 members (excludes halogenated alkanes) is 1. The Balaban J connectivity index is 2.12. The number of nitrogens with one attached hydrogen (secondary N) is 1. The summed E-state index contributed by atoms with van der Waals surface area (Å²) in [5, 5.41) is 3.23. The fourth-order valence-corrected chi connectivity index (χ4v) is 1.22. The first-order valence-corrected chi connectivity index (χ1v) is 5.42. The number of ether oxygens (including phenoxy) is 1. The van der Waals surface area contributed by atoms with Crippen molar-refractivity contribution < 1.29 is 9.13 Å². The molecule has 2 nitrogen and oxygen atoms in total. The molecule has 0 bridgehead atoms. The first kappa shape index (κ1) is 12.0. The summed E-state index contributed by atoms with van der Waals surface area (Å²) in [5.41, 5.74) is 0. The van der Waals surface area contributed by atoms with Crippen molar-refractivity contribution in [3.05, 3.63) is 30.1 Å². The van der Waals surface area contributed by atoms with Gasteiger partial charge in [-0.3, -0.25) is 0 Å². The van der Waals surface area contributed by atoms with Crippen molar-refractivity contribution in [1.29, 1.82) is 0 Å². The molecule has 0 aliphatic heterocycles. The van der Waals surface area contributed by atoms with E-state index in [-0.39, 0.29) is 5.82 Å². The Morgan fingerprint density at radius 2 is 2.07 bits per heavy atom. The van der Waals surface area contributed by atoms with Crippen LogP contribution in [0.3, 0.4) is 0 Å². The van der Waals surface area contributed by atoms with Gasteiger partial charge in [-0.1, -0.05) is 25.5 Å². The van der Waals surface area contributed by atoms with Crippen LogP contribution in [0.2, 0.25) is 0 Å². The smallest absolute Gasteiger partial charge is 0.165 e. The normalized spacial score (nSPS) is 10.3. The van der Waals surface area contributed by atoms with Gasteiger partial charge in [0.1, 0.15) is 6.61 Å². The zero-order valence-electron chi connectivity index (χ0n) is 9.13. The first-order valence-electron chi connectivity index (χ1n) is 5.42. The van der Waals surface area contributed by atoms with Gasteiger partial charge >= 0.3 is 0 Å². The zero-order valence-corrected chi connectivity index (χ0v) is 9.13. The molecule has 84 valence electrons. The maximum absolute atomic E-state index is 13.1. The SMILES string of the molecule is CCCCNCCOc1ccccc1F. The molecule has 1 aromatic rings. The lowest BCUT2D eigenvalue weighted by Gasteiger charge is -2.07. The highest BCUT2D eigenvalue weighted by Gasteiger charge is 1.99. The molecular weight excluding hydrogens is 193 g/mol. The number of hydrogen-bond acceptors (Lipinski definition) is 2. The predicted molar refractivity (Wildman–Crippen MR) is 59.7 cm³/mol. The van der Waals surface area contributed by atoms with Crippen molar-refractivity contribution in [2.24, 2.45) is 0 Å². The quantitative estimate of drug-likeness (QED) is 0.700. The molecule has 0 heterocycles. The Morgan fingerprint density at radius 1 is 1.27 bits per heavy atom. The monoisotopic (exact) mass is 211 g/mol. The largest absolute Gasteiger partial charge is 0.489 e. The van der Waals surface area contributed by atoms with Crippen LogP contribution in [0.25, 0.3) is 0 Å². The third kappa shape index (κ3) is 4.79. The Kier molecular flexibility index (Phi) is 5.78. The molecule has 1 aromatic carbocycles. The van der Waals surface area contributed by atoms with Gasteiger partial charge in [0.05, 0.1) is 0 Å². The summed E-state index contributed by atoms with van der Waals surface area (Å²) in [6, 6.07) is 6.46. The van der Waals surface area contributed by atoms with Crippen molar-refractivity contribution in [2.45, 2.75) is 19.8 Å². The lowest BCUT2D eigenvalue weighted by atomic mass is 10.3. The molecular formula is C12H18FNO. The van der Waals surface area contributed by atoms with Gasteiger partial charge in [0.25, 0.3) is 0 Å². The summed E-state index contributed by atoms with van der Waals surface area (Å²) in [6.07, 6.45) is 2.35. The molecule has 0 aliphatic rings. The average molecular weight is 211 g/mol. The Labute approximate surface area is 90.4 Å². The molecule has 0 aliphatic carbocycles. The molecule has 15 heavy (non-hydrogen) atoms. The molecule has 0 fully saturated rings. The van der Waals surface area contributed by atoms with E-state index in [9.17, 15) is 4.39 Å². The molecule has 0 spiro atoms. The summed E-state index contributed by atoms with van der Waals surface area (Å²) in [4.78, 5) is 0. The molecule has 1 rings (SSSR count). The van der Waals surface area contributed by atoms with E-state index in [0.29, 0.717) is 12.4 Å². The molecule has 0 saturated carbocycles. The van der Waals surface area contributed by atoms with Crippen LogP contribution in [0, 0.1) is 5.82 Å². The number of hydrogen-bond donors (Lipinski definition) is 1. The molecule has 0 aromatic heterocycles. The minimum Gasteiger partial charge on any atom is -0.489 e. The van der Waals surface area contributed by atoms with Crippen molar-refractivity contribution in [2.75, 3.05) is 19.7 Å². The van der Waals surface area contributed by atoms with Crippen LogP contribution < -0.4 is 10.1 Å². The highest BCUT2D eigenvalue weighted by molar-refractivity contribution is 5.23. The zero-order chi connectivity index (χ0) is 10.9. The Morgan fingerprint density at radius 3 is 2.80 bits per heavy atom. The molecule has 3 heteroatoms. The topological polar surface area (TPSA) is 21.3 Å². The van der Waals surface area contributed by atoms with Gasteiger partial charge in [-0.15, -0.1) is 0 Å². The van der Waals surface area contributed by atoms with Gasteiger partial charge < -0.3 is 10.1 Å². The predicted octanol–water partition coefficient (Wildman–Crippen LogP) is 2.59. The number of para-hydroxylation sites is 1. The number of halogens is 1. The minimum atomic E-state index is -0.300. The molecule has 1 N–H and O–H groups in total. The highest BCUT2D eigenvalue weighted by atomic mass is 19.1. The molecule has 0 atom stereocenters. The molecule has 0 amide bonds. The molecule has 0 saturated heterocycles. The summed E-state index contributed by atoms with van der Waals surface area (Å²) < 4.78 is 18.4. The van der Waals surface area contributed by atoms with Crippen LogP contribution >= 0.6 is 0 Å². The van der Waals surface area contributed by atoms with Gasteiger partial charge in [0, 0.05) is 6.54 Å². The lowest BCUT2D eigenvalue weighted by Crippen LogP contribution is -2.22. The maximum Gasteiger partial charge on any atom is 0.165 e. The minimum absolute atomic E-state index is 0.300. The second-order valence-electron chi connectivity index (χ2n) is 3.38. The maximum atomic E-state index is 13.1.